The van der Waals surface area contributed by atoms with E-state index in [0.717, 1.165) is 0 Å². The van der Waals surface area contributed by atoms with Gasteiger partial charge in [-0.05, 0) is 34.0 Å². The molecule has 1 heteroatoms. The van der Waals surface area contributed by atoms with Crippen molar-refractivity contribution in [2.45, 2.75) is 12.8 Å². The highest BCUT2D eigenvalue weighted by Gasteiger charge is 2.09. The van der Waals surface area contributed by atoms with E-state index in [-0.39, 0.29) is 0 Å². The van der Waals surface area contributed by atoms with Gasteiger partial charge in [0.2, 0.25) is 0 Å². The molecule has 0 spiro atoms. The molecule has 0 heterocycles. The molecule has 3 aromatic carbocycles. The number of fused-ring (bicyclic) bond motifs is 1. The first-order valence-corrected chi connectivity index (χ1v) is 7.41. The Labute approximate surface area is 126 Å². The molecule has 0 fully saturated rings. The molecule has 0 aliphatic carbocycles. The molecular formula is C20H21N. The van der Waals surface area contributed by atoms with Crippen LogP contribution in [-0.2, 0) is 0 Å². The van der Waals surface area contributed by atoms with Gasteiger partial charge < -0.3 is 4.90 Å². The van der Waals surface area contributed by atoms with Crippen molar-refractivity contribution in [1.29, 1.82) is 0 Å². The molecule has 0 unspecified atom stereocenters. The molecule has 0 saturated heterocycles. The van der Waals surface area contributed by atoms with Crippen LogP contribution in [0.1, 0.15) is 24.0 Å². The summed E-state index contributed by atoms with van der Waals surface area (Å²) in [6.07, 6.45) is 0. The molecule has 1 atom stereocenters. The monoisotopic (exact) mass is 275 g/mol. The summed E-state index contributed by atoms with van der Waals surface area (Å²) in [6.45, 7) is 2.27. The van der Waals surface area contributed by atoms with Crippen LogP contribution in [0.5, 0.6) is 0 Å². The van der Waals surface area contributed by atoms with Gasteiger partial charge in [0, 0.05) is 25.7 Å². The van der Waals surface area contributed by atoms with Crippen LogP contribution in [0.4, 0.5) is 5.69 Å². The summed E-state index contributed by atoms with van der Waals surface area (Å²) in [5.74, 6) is 0.408. The number of anilines is 1. The first-order valence-electron chi connectivity index (χ1n) is 7.41. The van der Waals surface area contributed by atoms with Crippen molar-refractivity contribution < 1.29 is 0 Å². The lowest BCUT2D eigenvalue weighted by atomic mass is 9.91. The van der Waals surface area contributed by atoms with E-state index >= 15 is 0 Å². The number of hydrogen-bond acceptors (Lipinski definition) is 1. The molecule has 21 heavy (non-hydrogen) atoms. The maximum atomic E-state index is 2.31. The Morgan fingerprint density at radius 3 is 2.00 bits per heavy atom. The van der Waals surface area contributed by atoms with Crippen molar-refractivity contribution in [1.82, 2.24) is 0 Å². The summed E-state index contributed by atoms with van der Waals surface area (Å²) in [4.78, 5) is 2.13. The second-order valence-electron chi connectivity index (χ2n) is 5.81. The Kier molecular flexibility index (Phi) is 3.66. The van der Waals surface area contributed by atoms with E-state index in [1.165, 1.54) is 27.6 Å². The molecule has 106 valence electrons. The van der Waals surface area contributed by atoms with Crippen LogP contribution < -0.4 is 4.90 Å². The van der Waals surface area contributed by atoms with Crippen LogP contribution in [0.15, 0.2) is 66.7 Å². The average molecular weight is 275 g/mol. The fourth-order valence-corrected chi connectivity index (χ4v) is 2.73. The molecule has 0 N–H and O–H groups in total. The summed E-state index contributed by atoms with van der Waals surface area (Å²) in [5, 5.41) is 2.61. The summed E-state index contributed by atoms with van der Waals surface area (Å²) >= 11 is 0. The van der Waals surface area contributed by atoms with E-state index in [1.807, 2.05) is 0 Å². The maximum absolute atomic E-state index is 2.31. The van der Waals surface area contributed by atoms with Crippen molar-refractivity contribution in [2.24, 2.45) is 0 Å². The highest BCUT2D eigenvalue weighted by atomic mass is 15.1. The predicted octanol–water partition coefficient (Wildman–Crippen LogP) is 5.06. The summed E-state index contributed by atoms with van der Waals surface area (Å²) in [6, 6.07) is 24.1. The SMILES string of the molecule is C[C@@H](c1ccc(N(C)C)cc1)c1ccc2ccccc2c1. The van der Waals surface area contributed by atoms with E-state index in [9.17, 15) is 0 Å². The fraction of sp³-hybridized carbons (Fsp3) is 0.200. The van der Waals surface area contributed by atoms with Gasteiger partial charge in [0.05, 0.1) is 0 Å². The number of benzene rings is 3. The van der Waals surface area contributed by atoms with Crippen LogP contribution in [0, 0.1) is 0 Å². The van der Waals surface area contributed by atoms with E-state index in [2.05, 4.69) is 92.6 Å². The molecule has 3 rings (SSSR count). The van der Waals surface area contributed by atoms with Gasteiger partial charge in [-0.3, -0.25) is 0 Å². The highest BCUT2D eigenvalue weighted by molar-refractivity contribution is 5.83. The van der Waals surface area contributed by atoms with Gasteiger partial charge in [-0.15, -0.1) is 0 Å². The predicted molar refractivity (Wildman–Crippen MR) is 92.2 cm³/mol. The second-order valence-corrected chi connectivity index (χ2v) is 5.81. The minimum Gasteiger partial charge on any atom is -0.378 e. The van der Waals surface area contributed by atoms with Crippen LogP contribution in [-0.4, -0.2) is 14.1 Å². The Hall–Kier alpha value is -2.28. The largest absolute Gasteiger partial charge is 0.378 e. The van der Waals surface area contributed by atoms with Gasteiger partial charge in [0.15, 0.2) is 0 Å². The van der Waals surface area contributed by atoms with Crippen LogP contribution in [0.2, 0.25) is 0 Å². The van der Waals surface area contributed by atoms with Crippen molar-refractivity contribution in [3.8, 4) is 0 Å². The molecule has 0 aromatic heterocycles. The fourth-order valence-electron chi connectivity index (χ4n) is 2.73. The summed E-state index contributed by atoms with van der Waals surface area (Å²) in [7, 11) is 4.14. The molecule has 0 saturated carbocycles. The Bertz CT molecular complexity index is 741. The average Bonchev–Trinajstić information content (AvgIpc) is 2.54. The van der Waals surface area contributed by atoms with Gasteiger partial charge in [0.25, 0.3) is 0 Å². The first kappa shape index (κ1) is 13.7. The van der Waals surface area contributed by atoms with Crippen molar-refractivity contribution in [2.75, 3.05) is 19.0 Å². The Balaban J connectivity index is 1.93. The van der Waals surface area contributed by atoms with Gasteiger partial charge in [-0.1, -0.05) is 61.5 Å². The molecular weight excluding hydrogens is 254 g/mol. The first-order chi connectivity index (χ1) is 10.1. The minimum absolute atomic E-state index is 0.408. The lowest BCUT2D eigenvalue weighted by Crippen LogP contribution is -2.08. The van der Waals surface area contributed by atoms with Gasteiger partial charge in [-0.2, -0.15) is 0 Å². The van der Waals surface area contributed by atoms with Gasteiger partial charge >= 0.3 is 0 Å². The lowest BCUT2D eigenvalue weighted by molar-refractivity contribution is 0.923. The molecule has 0 aliphatic rings. The van der Waals surface area contributed by atoms with E-state index < -0.39 is 0 Å². The van der Waals surface area contributed by atoms with Crippen LogP contribution >= 0.6 is 0 Å². The lowest BCUT2D eigenvalue weighted by Gasteiger charge is -2.16. The zero-order valence-electron chi connectivity index (χ0n) is 12.9. The van der Waals surface area contributed by atoms with E-state index in [1.54, 1.807) is 0 Å². The van der Waals surface area contributed by atoms with Gasteiger partial charge in [0.1, 0.15) is 0 Å². The second kappa shape index (κ2) is 5.61. The zero-order chi connectivity index (χ0) is 14.8. The molecule has 0 aliphatic heterocycles. The van der Waals surface area contributed by atoms with Crippen molar-refractivity contribution >= 4 is 16.5 Å². The standard InChI is InChI=1S/C20H21N/c1-15(16-10-12-20(13-11-16)21(2)3)18-9-8-17-6-4-5-7-19(17)14-18/h4-15H,1-3H3/t15-/m0/s1. The Morgan fingerprint density at radius 2 is 1.33 bits per heavy atom. The molecule has 0 bridgehead atoms. The van der Waals surface area contributed by atoms with E-state index in [0.29, 0.717) is 5.92 Å². The summed E-state index contributed by atoms with van der Waals surface area (Å²) < 4.78 is 0. The molecule has 0 amide bonds. The maximum Gasteiger partial charge on any atom is 0.0361 e. The number of rotatable bonds is 3. The van der Waals surface area contributed by atoms with Crippen molar-refractivity contribution in [3.63, 3.8) is 0 Å². The van der Waals surface area contributed by atoms with Crippen molar-refractivity contribution in [3.05, 3.63) is 77.9 Å². The van der Waals surface area contributed by atoms with Crippen LogP contribution in [0.25, 0.3) is 10.8 Å². The molecule has 0 radical (unpaired) electrons. The van der Waals surface area contributed by atoms with Crippen LogP contribution in [0.3, 0.4) is 0 Å². The third kappa shape index (κ3) is 2.78. The van der Waals surface area contributed by atoms with E-state index in [4.69, 9.17) is 0 Å². The Morgan fingerprint density at radius 1 is 0.714 bits per heavy atom. The third-order valence-electron chi connectivity index (χ3n) is 4.18. The van der Waals surface area contributed by atoms with Gasteiger partial charge in [-0.25, -0.2) is 0 Å². The zero-order valence-corrected chi connectivity index (χ0v) is 12.9. The normalized spacial score (nSPS) is 12.3. The third-order valence-corrected chi connectivity index (χ3v) is 4.18. The quantitative estimate of drug-likeness (QED) is 0.646. The minimum atomic E-state index is 0.408. The number of nitrogens with zero attached hydrogens (tertiary/aromatic N) is 1. The molecule has 3 aromatic rings. The number of hydrogen-bond donors (Lipinski definition) is 0. The smallest absolute Gasteiger partial charge is 0.0361 e. The molecule has 1 nitrogen and oxygen atoms in total. The summed E-state index contributed by atoms with van der Waals surface area (Å²) in [5.41, 5.74) is 3.96. The topological polar surface area (TPSA) is 3.24 Å². The highest BCUT2D eigenvalue weighted by Crippen LogP contribution is 2.28.